The molecule has 1 unspecified atom stereocenters. The van der Waals surface area contributed by atoms with Crippen LogP contribution in [0.5, 0.6) is 5.75 Å². The lowest BCUT2D eigenvalue weighted by atomic mass is 10.0. The van der Waals surface area contributed by atoms with Gasteiger partial charge in [-0.05, 0) is 30.4 Å². The number of nitrogens with two attached hydrogens (primary N) is 1. The third kappa shape index (κ3) is 2.22. The zero-order valence-corrected chi connectivity index (χ0v) is 9.98. The molecule has 1 aliphatic carbocycles. The molecule has 2 rings (SSSR count). The van der Waals surface area contributed by atoms with Gasteiger partial charge < -0.3 is 10.5 Å². The van der Waals surface area contributed by atoms with E-state index in [1.807, 2.05) is 6.07 Å². The zero-order chi connectivity index (χ0) is 11.0. The van der Waals surface area contributed by atoms with E-state index in [9.17, 15) is 0 Å². The Bertz CT molecular complexity index is 377. The highest BCUT2D eigenvalue weighted by molar-refractivity contribution is 6.34. The molecule has 0 saturated heterocycles. The Morgan fingerprint density at radius 3 is 2.53 bits per heavy atom. The number of hydrogen-bond acceptors (Lipinski definition) is 2. The van der Waals surface area contributed by atoms with E-state index in [4.69, 9.17) is 33.7 Å². The van der Waals surface area contributed by atoms with Crippen LogP contribution in [0.4, 0.5) is 0 Å². The summed E-state index contributed by atoms with van der Waals surface area (Å²) in [5.74, 6) is 1.15. The van der Waals surface area contributed by atoms with Crippen molar-refractivity contribution in [2.24, 2.45) is 11.7 Å². The SMILES string of the molecule is COc1cc(Cl)c(C(N)C2CC2)cc1Cl. The van der Waals surface area contributed by atoms with E-state index in [1.54, 1.807) is 13.2 Å². The van der Waals surface area contributed by atoms with Crippen LogP contribution >= 0.6 is 23.2 Å². The molecule has 1 fully saturated rings. The van der Waals surface area contributed by atoms with E-state index in [0.29, 0.717) is 21.7 Å². The fourth-order valence-corrected chi connectivity index (χ4v) is 2.19. The lowest BCUT2D eigenvalue weighted by Gasteiger charge is -2.14. The van der Waals surface area contributed by atoms with Gasteiger partial charge in [0.1, 0.15) is 5.75 Å². The van der Waals surface area contributed by atoms with Crippen molar-refractivity contribution in [3.05, 3.63) is 27.7 Å². The number of ether oxygens (including phenoxy) is 1. The zero-order valence-electron chi connectivity index (χ0n) is 8.47. The van der Waals surface area contributed by atoms with Gasteiger partial charge in [-0.3, -0.25) is 0 Å². The standard InChI is InChI=1S/C11H13Cl2NO/c1-15-10-5-8(12)7(4-9(10)13)11(14)6-2-3-6/h4-6,11H,2-3,14H2,1H3. The fourth-order valence-electron chi connectivity index (χ4n) is 1.67. The van der Waals surface area contributed by atoms with Crippen molar-refractivity contribution in [3.8, 4) is 5.75 Å². The fraction of sp³-hybridized carbons (Fsp3) is 0.455. The summed E-state index contributed by atoms with van der Waals surface area (Å²) < 4.78 is 5.08. The minimum Gasteiger partial charge on any atom is -0.495 e. The second kappa shape index (κ2) is 4.20. The van der Waals surface area contributed by atoms with Crippen LogP contribution < -0.4 is 10.5 Å². The molecule has 1 atom stereocenters. The van der Waals surface area contributed by atoms with Crippen LogP contribution in [0, 0.1) is 5.92 Å². The molecular weight excluding hydrogens is 233 g/mol. The smallest absolute Gasteiger partial charge is 0.138 e. The van der Waals surface area contributed by atoms with Crippen LogP contribution in [-0.4, -0.2) is 7.11 Å². The lowest BCUT2D eigenvalue weighted by molar-refractivity contribution is 0.414. The van der Waals surface area contributed by atoms with Crippen molar-refractivity contribution in [2.45, 2.75) is 18.9 Å². The third-order valence-corrected chi connectivity index (χ3v) is 3.38. The van der Waals surface area contributed by atoms with E-state index in [2.05, 4.69) is 0 Å². The Balaban J connectivity index is 2.34. The molecule has 2 nitrogen and oxygen atoms in total. The number of methoxy groups -OCH3 is 1. The summed E-state index contributed by atoms with van der Waals surface area (Å²) in [6, 6.07) is 3.54. The summed E-state index contributed by atoms with van der Waals surface area (Å²) in [6.45, 7) is 0. The van der Waals surface area contributed by atoms with Crippen molar-refractivity contribution in [2.75, 3.05) is 7.11 Å². The van der Waals surface area contributed by atoms with Crippen LogP contribution in [0.25, 0.3) is 0 Å². The number of benzene rings is 1. The Hall–Kier alpha value is -0.440. The Morgan fingerprint density at radius 1 is 1.33 bits per heavy atom. The molecule has 0 spiro atoms. The molecule has 1 aromatic carbocycles. The maximum atomic E-state index is 6.13. The second-order valence-corrected chi connectivity index (χ2v) is 4.69. The first-order valence-corrected chi connectivity index (χ1v) is 5.67. The van der Waals surface area contributed by atoms with Crippen molar-refractivity contribution in [1.29, 1.82) is 0 Å². The predicted molar refractivity (Wildman–Crippen MR) is 62.7 cm³/mol. The van der Waals surface area contributed by atoms with E-state index in [0.717, 1.165) is 5.56 Å². The van der Waals surface area contributed by atoms with Gasteiger partial charge in [-0.25, -0.2) is 0 Å². The molecule has 1 aliphatic rings. The van der Waals surface area contributed by atoms with Crippen molar-refractivity contribution in [1.82, 2.24) is 0 Å². The second-order valence-electron chi connectivity index (χ2n) is 3.87. The van der Waals surface area contributed by atoms with Crippen molar-refractivity contribution in [3.63, 3.8) is 0 Å². The first kappa shape index (κ1) is 11.1. The third-order valence-electron chi connectivity index (χ3n) is 2.76. The van der Waals surface area contributed by atoms with Crippen LogP contribution in [-0.2, 0) is 0 Å². The molecule has 0 aliphatic heterocycles. The van der Waals surface area contributed by atoms with Gasteiger partial charge in [0.05, 0.1) is 12.1 Å². The highest BCUT2D eigenvalue weighted by Gasteiger charge is 2.31. The normalized spacial score (nSPS) is 17.6. The topological polar surface area (TPSA) is 35.2 Å². The van der Waals surface area contributed by atoms with Gasteiger partial charge in [-0.2, -0.15) is 0 Å². The first-order chi connectivity index (χ1) is 7.13. The van der Waals surface area contributed by atoms with Crippen molar-refractivity contribution >= 4 is 23.2 Å². The summed E-state index contributed by atoms with van der Waals surface area (Å²) >= 11 is 12.2. The average Bonchev–Trinajstić information content (AvgIpc) is 3.03. The monoisotopic (exact) mass is 245 g/mol. The highest BCUT2D eigenvalue weighted by Crippen LogP contribution is 2.43. The van der Waals surface area contributed by atoms with E-state index in [1.165, 1.54) is 12.8 Å². The molecule has 0 bridgehead atoms. The molecule has 4 heteroatoms. The molecule has 0 aromatic heterocycles. The summed E-state index contributed by atoms with van der Waals surface area (Å²) in [7, 11) is 1.57. The molecular formula is C11H13Cl2NO. The van der Waals surface area contributed by atoms with E-state index >= 15 is 0 Å². The molecule has 15 heavy (non-hydrogen) atoms. The van der Waals surface area contributed by atoms with E-state index < -0.39 is 0 Å². The van der Waals surface area contributed by atoms with Gasteiger partial charge in [-0.1, -0.05) is 23.2 Å². The summed E-state index contributed by atoms with van der Waals surface area (Å²) in [5, 5.41) is 1.20. The maximum absolute atomic E-state index is 6.13. The van der Waals surface area contributed by atoms with E-state index in [-0.39, 0.29) is 6.04 Å². The molecule has 0 amide bonds. The quantitative estimate of drug-likeness (QED) is 0.886. The van der Waals surface area contributed by atoms with Gasteiger partial charge in [0.15, 0.2) is 0 Å². The van der Waals surface area contributed by atoms with Crippen LogP contribution in [0.3, 0.4) is 0 Å². The lowest BCUT2D eigenvalue weighted by Crippen LogP contribution is -2.13. The maximum Gasteiger partial charge on any atom is 0.138 e. The Morgan fingerprint density at radius 2 is 2.00 bits per heavy atom. The van der Waals surface area contributed by atoms with Crippen LogP contribution in [0.1, 0.15) is 24.4 Å². The number of halogens is 2. The van der Waals surface area contributed by atoms with Crippen LogP contribution in [0.2, 0.25) is 10.0 Å². The van der Waals surface area contributed by atoms with Crippen LogP contribution in [0.15, 0.2) is 12.1 Å². The molecule has 2 N–H and O–H groups in total. The average molecular weight is 246 g/mol. The van der Waals surface area contributed by atoms with Gasteiger partial charge in [0.2, 0.25) is 0 Å². The minimum absolute atomic E-state index is 0.000839. The molecule has 1 aromatic rings. The van der Waals surface area contributed by atoms with Gasteiger partial charge in [0, 0.05) is 17.1 Å². The minimum atomic E-state index is 0.000839. The van der Waals surface area contributed by atoms with Gasteiger partial charge in [0.25, 0.3) is 0 Å². The Labute approximate surface area is 99.3 Å². The molecule has 0 radical (unpaired) electrons. The van der Waals surface area contributed by atoms with Gasteiger partial charge >= 0.3 is 0 Å². The number of hydrogen-bond donors (Lipinski definition) is 1. The summed E-state index contributed by atoms with van der Waals surface area (Å²) in [4.78, 5) is 0. The van der Waals surface area contributed by atoms with Gasteiger partial charge in [-0.15, -0.1) is 0 Å². The van der Waals surface area contributed by atoms with Crippen molar-refractivity contribution < 1.29 is 4.74 Å². The number of rotatable bonds is 3. The highest BCUT2D eigenvalue weighted by atomic mass is 35.5. The largest absolute Gasteiger partial charge is 0.495 e. The molecule has 0 heterocycles. The molecule has 82 valence electrons. The molecule has 1 saturated carbocycles. The predicted octanol–water partition coefficient (Wildman–Crippen LogP) is 3.41. The summed E-state index contributed by atoms with van der Waals surface area (Å²) in [5.41, 5.74) is 7.00. The Kier molecular flexibility index (Phi) is 3.10. The summed E-state index contributed by atoms with van der Waals surface area (Å²) in [6.07, 6.45) is 2.36. The first-order valence-electron chi connectivity index (χ1n) is 4.92.